The number of alkyl halides is 6. The zero-order chi connectivity index (χ0) is 28.3. The lowest BCUT2D eigenvalue weighted by molar-refractivity contribution is -0.193. The van der Waals surface area contributed by atoms with Crippen LogP contribution in [0.4, 0.5) is 32.3 Å². The largest absolute Gasteiger partial charge is 0.490 e. The number of anilines is 1. The Labute approximate surface area is 209 Å². The van der Waals surface area contributed by atoms with Gasteiger partial charge < -0.3 is 29.5 Å². The predicted octanol–water partition coefficient (Wildman–Crippen LogP) is 2.55. The van der Waals surface area contributed by atoms with Crippen LogP contribution in [-0.4, -0.2) is 110 Å². The first-order chi connectivity index (χ1) is 17.2. The van der Waals surface area contributed by atoms with Crippen molar-refractivity contribution in [2.45, 2.75) is 25.2 Å². The minimum absolute atomic E-state index is 0.370. The van der Waals surface area contributed by atoms with E-state index in [0.29, 0.717) is 11.3 Å². The maximum Gasteiger partial charge on any atom is 0.490 e. The van der Waals surface area contributed by atoms with E-state index in [4.69, 9.17) is 29.3 Å². The van der Waals surface area contributed by atoms with E-state index in [1.165, 1.54) is 12.8 Å². The summed E-state index contributed by atoms with van der Waals surface area (Å²) < 4.78 is 74.2. The van der Waals surface area contributed by atoms with Crippen LogP contribution in [0.3, 0.4) is 0 Å². The van der Waals surface area contributed by atoms with Crippen LogP contribution < -0.4 is 4.90 Å². The first kappa shape index (κ1) is 32.3. The molecular formula is C21H30F6N4O6. The minimum Gasteiger partial charge on any atom is -0.475 e. The summed E-state index contributed by atoms with van der Waals surface area (Å²) in [4.78, 5) is 31.4. The third-order valence-electron chi connectivity index (χ3n) is 5.94. The first-order valence-electron chi connectivity index (χ1n) is 11.0. The average Bonchev–Trinajstić information content (AvgIpc) is 3.15. The SMILES string of the molecule is COCCN1CC(COC)C2(CCN(c3ncccn3)CC2)C1.O=C(O)C(F)(F)F.O=C(O)C(F)(F)F. The molecular weight excluding hydrogens is 518 g/mol. The third kappa shape index (κ3) is 10.7. The summed E-state index contributed by atoms with van der Waals surface area (Å²) in [5.41, 5.74) is 0.370. The molecule has 0 saturated carbocycles. The highest BCUT2D eigenvalue weighted by Gasteiger charge is 2.48. The second kappa shape index (κ2) is 14.3. The maximum absolute atomic E-state index is 10.6. The van der Waals surface area contributed by atoms with Gasteiger partial charge in [0.1, 0.15) is 0 Å². The quantitative estimate of drug-likeness (QED) is 0.513. The molecule has 212 valence electrons. The molecule has 3 rings (SSSR count). The van der Waals surface area contributed by atoms with E-state index >= 15 is 0 Å². The number of hydrogen-bond donors (Lipinski definition) is 2. The standard InChI is InChI=1S/C17H28N4O2.2C2HF3O2/c1-22-11-10-20-12-15(13-23-2)17(14-20)4-8-21(9-5-17)16-18-6-3-7-19-16;2*3-2(4,5)1(6)7/h3,6-7,15H,4-5,8-14H2,1-2H3;2*(H,6,7). The van der Waals surface area contributed by atoms with Crippen LogP contribution in [0.5, 0.6) is 0 Å². The van der Waals surface area contributed by atoms with Crippen molar-refractivity contribution in [3.63, 3.8) is 0 Å². The number of aliphatic carboxylic acids is 2. The molecule has 2 saturated heterocycles. The van der Waals surface area contributed by atoms with Crippen LogP contribution in [0.2, 0.25) is 0 Å². The molecule has 1 spiro atoms. The molecule has 10 nitrogen and oxygen atoms in total. The molecule has 2 N–H and O–H groups in total. The summed E-state index contributed by atoms with van der Waals surface area (Å²) in [7, 11) is 3.59. The van der Waals surface area contributed by atoms with Gasteiger partial charge in [0.15, 0.2) is 0 Å². The molecule has 0 aromatic carbocycles. The zero-order valence-electron chi connectivity index (χ0n) is 20.3. The number of ether oxygens (including phenoxy) is 2. The lowest BCUT2D eigenvalue weighted by atomic mass is 9.71. The first-order valence-corrected chi connectivity index (χ1v) is 11.0. The van der Waals surface area contributed by atoms with Gasteiger partial charge in [-0.25, -0.2) is 19.6 Å². The van der Waals surface area contributed by atoms with Crippen LogP contribution in [0.1, 0.15) is 12.8 Å². The van der Waals surface area contributed by atoms with Gasteiger partial charge in [0.2, 0.25) is 5.95 Å². The number of aromatic nitrogens is 2. The number of carboxylic acid groups (broad SMARTS) is 2. The predicted molar refractivity (Wildman–Crippen MR) is 117 cm³/mol. The molecule has 1 atom stereocenters. The van der Waals surface area contributed by atoms with Gasteiger partial charge in [0.25, 0.3) is 0 Å². The van der Waals surface area contributed by atoms with E-state index < -0.39 is 24.3 Å². The molecule has 2 aliphatic heterocycles. The highest BCUT2D eigenvalue weighted by molar-refractivity contribution is 5.73. The minimum atomic E-state index is -5.08. The van der Waals surface area contributed by atoms with E-state index in [1.807, 2.05) is 25.6 Å². The molecule has 1 aromatic heterocycles. The van der Waals surface area contributed by atoms with Gasteiger partial charge in [-0.1, -0.05) is 0 Å². The lowest BCUT2D eigenvalue weighted by Crippen LogP contribution is -2.45. The molecule has 1 aromatic rings. The Bertz CT molecular complexity index is 811. The Morgan fingerprint density at radius 3 is 1.89 bits per heavy atom. The smallest absolute Gasteiger partial charge is 0.475 e. The number of likely N-dealkylation sites (tertiary alicyclic amines) is 1. The van der Waals surface area contributed by atoms with Gasteiger partial charge in [0.05, 0.1) is 13.2 Å². The van der Waals surface area contributed by atoms with E-state index in [9.17, 15) is 26.3 Å². The molecule has 0 bridgehead atoms. The van der Waals surface area contributed by atoms with Crippen molar-refractivity contribution in [3.05, 3.63) is 18.5 Å². The highest BCUT2D eigenvalue weighted by atomic mass is 19.4. The van der Waals surface area contributed by atoms with E-state index in [2.05, 4.69) is 19.8 Å². The molecule has 37 heavy (non-hydrogen) atoms. The third-order valence-corrected chi connectivity index (χ3v) is 5.94. The van der Waals surface area contributed by atoms with Gasteiger partial charge in [0, 0.05) is 65.3 Å². The van der Waals surface area contributed by atoms with Crippen molar-refractivity contribution in [2.75, 3.05) is 65.1 Å². The second-order valence-electron chi connectivity index (χ2n) is 8.38. The number of hydrogen-bond acceptors (Lipinski definition) is 8. The lowest BCUT2D eigenvalue weighted by Gasteiger charge is -2.42. The van der Waals surface area contributed by atoms with Crippen molar-refractivity contribution >= 4 is 17.9 Å². The Hall–Kier alpha value is -2.72. The molecule has 0 aliphatic carbocycles. The van der Waals surface area contributed by atoms with Gasteiger partial charge in [-0.15, -0.1) is 0 Å². The number of piperidine rings is 1. The van der Waals surface area contributed by atoms with Crippen LogP contribution in [0, 0.1) is 11.3 Å². The summed E-state index contributed by atoms with van der Waals surface area (Å²) in [5.74, 6) is -4.04. The van der Waals surface area contributed by atoms with Crippen LogP contribution >= 0.6 is 0 Å². The number of carbonyl (C=O) groups is 2. The number of nitrogens with zero attached hydrogens (tertiary/aromatic N) is 4. The normalized spacial score (nSPS) is 19.5. The maximum atomic E-state index is 10.6. The summed E-state index contributed by atoms with van der Waals surface area (Å²) >= 11 is 0. The molecule has 1 unspecified atom stereocenters. The van der Waals surface area contributed by atoms with Gasteiger partial charge in [-0.2, -0.15) is 26.3 Å². The highest BCUT2D eigenvalue weighted by Crippen LogP contribution is 2.45. The number of rotatable bonds is 6. The summed E-state index contributed by atoms with van der Waals surface area (Å²) in [5, 5.41) is 14.2. The monoisotopic (exact) mass is 548 g/mol. The Kier molecular flexibility index (Phi) is 12.5. The van der Waals surface area contributed by atoms with Crippen molar-refractivity contribution < 1.29 is 55.6 Å². The summed E-state index contributed by atoms with van der Waals surface area (Å²) in [6.45, 7) is 7.02. The molecule has 0 amide bonds. The van der Waals surface area contributed by atoms with Crippen molar-refractivity contribution in [1.82, 2.24) is 14.9 Å². The number of halogens is 6. The van der Waals surface area contributed by atoms with Gasteiger partial charge >= 0.3 is 24.3 Å². The van der Waals surface area contributed by atoms with E-state index in [1.54, 1.807) is 7.11 Å². The Morgan fingerprint density at radius 1 is 1.00 bits per heavy atom. The zero-order valence-corrected chi connectivity index (χ0v) is 20.3. The summed E-state index contributed by atoms with van der Waals surface area (Å²) in [6.07, 6.45) is -4.16. The average molecular weight is 548 g/mol. The van der Waals surface area contributed by atoms with E-state index in [-0.39, 0.29) is 0 Å². The summed E-state index contributed by atoms with van der Waals surface area (Å²) in [6, 6.07) is 1.87. The fourth-order valence-corrected chi connectivity index (χ4v) is 4.14. The van der Waals surface area contributed by atoms with Crippen molar-refractivity contribution in [3.8, 4) is 0 Å². The van der Waals surface area contributed by atoms with Crippen molar-refractivity contribution in [1.29, 1.82) is 0 Å². The number of methoxy groups -OCH3 is 2. The van der Waals surface area contributed by atoms with Crippen LogP contribution in [-0.2, 0) is 19.1 Å². The van der Waals surface area contributed by atoms with Crippen molar-refractivity contribution in [2.24, 2.45) is 11.3 Å². The Morgan fingerprint density at radius 2 is 1.49 bits per heavy atom. The molecule has 0 radical (unpaired) electrons. The fourth-order valence-electron chi connectivity index (χ4n) is 4.14. The molecule has 16 heteroatoms. The molecule has 3 heterocycles. The van der Waals surface area contributed by atoms with E-state index in [0.717, 1.165) is 51.9 Å². The van der Waals surface area contributed by atoms with Gasteiger partial charge in [-0.05, 0) is 24.3 Å². The van der Waals surface area contributed by atoms with Crippen LogP contribution in [0.25, 0.3) is 0 Å². The number of carboxylic acids is 2. The topological polar surface area (TPSA) is 125 Å². The fraction of sp³-hybridized carbons (Fsp3) is 0.714. The molecule has 2 aliphatic rings. The molecule has 2 fully saturated rings. The Balaban J connectivity index is 0.000000404. The van der Waals surface area contributed by atoms with Crippen LogP contribution in [0.15, 0.2) is 18.5 Å². The second-order valence-corrected chi connectivity index (χ2v) is 8.38. The van der Waals surface area contributed by atoms with Gasteiger partial charge in [-0.3, -0.25) is 0 Å².